The zero-order valence-corrected chi connectivity index (χ0v) is 39.0. The van der Waals surface area contributed by atoms with E-state index in [1.54, 1.807) is 0 Å². The van der Waals surface area contributed by atoms with Gasteiger partial charge in [-0.1, -0.05) is 164 Å². The molecule has 0 radical (unpaired) electrons. The van der Waals surface area contributed by atoms with E-state index in [1.165, 1.54) is 63.3 Å². The fourth-order valence-corrected chi connectivity index (χ4v) is 12.3. The predicted molar refractivity (Wildman–Crippen MR) is 298 cm³/mol. The Morgan fingerprint density at radius 1 is 0.282 bits per heavy atom. The topological polar surface area (TPSA) is 48.5 Å². The molecule has 0 bridgehead atoms. The maximum atomic E-state index is 5.52. The highest BCUT2D eigenvalue weighted by molar-refractivity contribution is 7.26. The van der Waals surface area contributed by atoms with Crippen molar-refractivity contribution in [1.29, 1.82) is 0 Å². The molecule has 4 heterocycles. The number of aromatic nitrogens is 5. The minimum atomic E-state index is 0.605. The van der Waals surface area contributed by atoms with E-state index in [4.69, 9.17) is 15.0 Å². The molecular weight excluding hydrogens is 883 g/mol. The number of hydrogen-bond donors (Lipinski definition) is 0. The van der Waals surface area contributed by atoms with Crippen molar-refractivity contribution in [3.05, 3.63) is 237 Å². The van der Waals surface area contributed by atoms with Crippen LogP contribution in [0.4, 0.5) is 0 Å². The van der Waals surface area contributed by atoms with E-state index in [0.717, 1.165) is 61.3 Å². The van der Waals surface area contributed by atoms with Crippen LogP contribution in [0.2, 0.25) is 0 Å². The first-order chi connectivity index (χ1) is 35.2. The summed E-state index contributed by atoms with van der Waals surface area (Å²) in [5.41, 5.74) is 11.6. The van der Waals surface area contributed by atoms with Gasteiger partial charge in [0, 0.05) is 69.8 Å². The number of hydrogen-bond acceptors (Lipinski definition) is 4. The first-order valence-corrected chi connectivity index (χ1v) is 24.8. The van der Waals surface area contributed by atoms with Crippen molar-refractivity contribution < 1.29 is 0 Å². The van der Waals surface area contributed by atoms with Crippen LogP contribution in [0.3, 0.4) is 0 Å². The summed E-state index contributed by atoms with van der Waals surface area (Å²) in [5, 5.41) is 12.2. The molecule has 15 aromatic rings. The zero-order valence-electron chi connectivity index (χ0n) is 38.2. The highest BCUT2D eigenvalue weighted by Crippen LogP contribution is 2.47. The first-order valence-electron chi connectivity index (χ1n) is 24.0. The minimum absolute atomic E-state index is 0.605. The molecule has 0 unspecified atom stereocenters. The molecule has 0 spiro atoms. The van der Waals surface area contributed by atoms with Gasteiger partial charge in [0.1, 0.15) is 0 Å². The second-order valence-corrected chi connectivity index (χ2v) is 19.4. The Morgan fingerprint density at radius 2 is 0.873 bits per heavy atom. The molecule has 0 amide bonds. The molecule has 0 aliphatic heterocycles. The zero-order chi connectivity index (χ0) is 46.6. The molecule has 11 aromatic carbocycles. The van der Waals surface area contributed by atoms with E-state index >= 15 is 0 Å². The normalized spacial score (nSPS) is 11.9. The van der Waals surface area contributed by atoms with Gasteiger partial charge < -0.3 is 9.13 Å². The molecule has 0 saturated carbocycles. The molecule has 15 rings (SSSR count). The number of benzene rings is 11. The smallest absolute Gasteiger partial charge is 0.164 e. The highest BCUT2D eigenvalue weighted by Gasteiger charge is 2.23. The number of para-hydroxylation sites is 3. The second kappa shape index (κ2) is 15.7. The van der Waals surface area contributed by atoms with Gasteiger partial charge in [0.15, 0.2) is 17.5 Å². The molecule has 0 N–H and O–H groups in total. The Labute approximate surface area is 411 Å². The molecule has 6 heteroatoms. The summed E-state index contributed by atoms with van der Waals surface area (Å²) in [6, 6.07) is 85.2. The molecule has 0 aliphatic rings. The maximum absolute atomic E-state index is 5.52. The number of rotatable bonds is 6. The van der Waals surface area contributed by atoms with Gasteiger partial charge in [0.2, 0.25) is 0 Å². The van der Waals surface area contributed by atoms with Crippen LogP contribution in [0.25, 0.3) is 142 Å². The van der Waals surface area contributed by atoms with Gasteiger partial charge >= 0.3 is 0 Å². The predicted octanol–water partition coefficient (Wildman–Crippen LogP) is 17.4. The fraction of sp³-hybridized carbons (Fsp3) is 0. The Morgan fingerprint density at radius 3 is 1.66 bits per heavy atom. The lowest BCUT2D eigenvalue weighted by molar-refractivity contribution is 1.07. The molecule has 0 fully saturated rings. The summed E-state index contributed by atoms with van der Waals surface area (Å²) >= 11 is 1.85. The third kappa shape index (κ3) is 6.22. The van der Waals surface area contributed by atoms with Crippen LogP contribution < -0.4 is 0 Å². The van der Waals surface area contributed by atoms with Crippen LogP contribution in [0, 0.1) is 0 Å². The molecule has 0 saturated heterocycles. The van der Waals surface area contributed by atoms with Crippen molar-refractivity contribution >= 4 is 96.7 Å². The van der Waals surface area contributed by atoms with Crippen LogP contribution in [0.1, 0.15) is 0 Å². The van der Waals surface area contributed by atoms with Crippen molar-refractivity contribution in [2.24, 2.45) is 0 Å². The fourth-order valence-electron chi connectivity index (χ4n) is 11.1. The lowest BCUT2D eigenvalue weighted by atomic mass is 9.93. The van der Waals surface area contributed by atoms with E-state index in [0.29, 0.717) is 17.5 Å². The van der Waals surface area contributed by atoms with Gasteiger partial charge in [-0.3, -0.25) is 0 Å². The molecule has 0 aliphatic carbocycles. The SMILES string of the molecule is c1ccc(-c2nc(-c3ccc4c5ccccc5n(-c5ccccc5)c4c3)nc(-c3ccc(-n4c5ccccc5c5cc6ccccc6cc54)cc3-c3cccc4sc5ccc6ccccc6c5c34)n2)cc1. The van der Waals surface area contributed by atoms with Gasteiger partial charge in [0.25, 0.3) is 0 Å². The van der Waals surface area contributed by atoms with Crippen LogP contribution in [-0.4, -0.2) is 24.1 Å². The molecular formula is C65H39N5S. The average molecular weight is 922 g/mol. The van der Waals surface area contributed by atoms with E-state index in [1.807, 2.05) is 29.5 Å². The largest absolute Gasteiger partial charge is 0.309 e. The summed E-state index contributed by atoms with van der Waals surface area (Å²) in [4.78, 5) is 16.2. The molecule has 71 heavy (non-hydrogen) atoms. The average Bonchev–Trinajstić information content (AvgIpc) is 4.10. The number of thiophene rings is 1. The Kier molecular flexibility index (Phi) is 8.76. The Bertz CT molecular complexity index is 4640. The van der Waals surface area contributed by atoms with Crippen molar-refractivity contribution in [3.8, 4) is 56.7 Å². The van der Waals surface area contributed by atoms with Crippen molar-refractivity contribution in [1.82, 2.24) is 24.1 Å². The van der Waals surface area contributed by atoms with Crippen molar-refractivity contribution in [3.63, 3.8) is 0 Å². The molecule has 4 aromatic heterocycles. The van der Waals surface area contributed by atoms with Crippen LogP contribution in [0.5, 0.6) is 0 Å². The van der Waals surface area contributed by atoms with E-state index < -0.39 is 0 Å². The van der Waals surface area contributed by atoms with Gasteiger partial charge in [-0.25, -0.2) is 15.0 Å². The van der Waals surface area contributed by atoms with E-state index in [2.05, 4.69) is 228 Å². The Balaban J connectivity index is 1.03. The van der Waals surface area contributed by atoms with Crippen molar-refractivity contribution in [2.75, 3.05) is 0 Å². The minimum Gasteiger partial charge on any atom is -0.309 e. The summed E-state index contributed by atoms with van der Waals surface area (Å²) in [6.07, 6.45) is 0. The maximum Gasteiger partial charge on any atom is 0.164 e. The third-order valence-electron chi connectivity index (χ3n) is 14.3. The summed E-state index contributed by atoms with van der Waals surface area (Å²) in [5.74, 6) is 1.83. The second-order valence-electron chi connectivity index (χ2n) is 18.3. The van der Waals surface area contributed by atoms with E-state index in [9.17, 15) is 0 Å². The quantitative estimate of drug-likeness (QED) is 0.167. The van der Waals surface area contributed by atoms with Crippen LogP contribution in [0.15, 0.2) is 237 Å². The summed E-state index contributed by atoms with van der Waals surface area (Å²) in [6.45, 7) is 0. The van der Waals surface area contributed by atoms with Gasteiger partial charge in [-0.15, -0.1) is 11.3 Å². The summed E-state index contributed by atoms with van der Waals surface area (Å²) in [7, 11) is 0. The van der Waals surface area contributed by atoms with Crippen LogP contribution >= 0.6 is 11.3 Å². The van der Waals surface area contributed by atoms with Gasteiger partial charge in [0.05, 0.1) is 22.1 Å². The lowest BCUT2D eigenvalue weighted by Gasteiger charge is -2.17. The summed E-state index contributed by atoms with van der Waals surface area (Å²) < 4.78 is 7.27. The third-order valence-corrected chi connectivity index (χ3v) is 15.5. The van der Waals surface area contributed by atoms with Crippen molar-refractivity contribution in [2.45, 2.75) is 0 Å². The monoisotopic (exact) mass is 921 g/mol. The first kappa shape index (κ1) is 39.7. The lowest BCUT2D eigenvalue weighted by Crippen LogP contribution is -2.02. The Hall–Kier alpha value is -9.23. The number of fused-ring (bicyclic) bond motifs is 12. The molecule has 5 nitrogen and oxygen atoms in total. The standard InChI is InChI=1S/C65H39N5S/c1-3-17-41(18-4-1)63-66-64(44-30-33-50-48-24-11-13-27-55(48)69(57(50)38-44)45-21-5-2-6-22-45)68-65(67-63)52-34-32-46(70-56-28-14-12-25-49(56)54-36-42-19-7-8-20-43(42)37-58(54)70)39-53(52)51-26-15-29-59-62(51)61-47-23-10-9-16-40(47)31-35-60(61)71-59/h1-39H. The van der Waals surface area contributed by atoms with E-state index in [-0.39, 0.29) is 0 Å². The molecule has 330 valence electrons. The van der Waals surface area contributed by atoms with Crippen LogP contribution in [-0.2, 0) is 0 Å². The van der Waals surface area contributed by atoms with Gasteiger partial charge in [-0.05, 0) is 105 Å². The highest BCUT2D eigenvalue weighted by atomic mass is 32.1. The number of nitrogens with zero attached hydrogens (tertiary/aromatic N) is 5. The van der Waals surface area contributed by atoms with Gasteiger partial charge in [-0.2, -0.15) is 0 Å². The molecule has 0 atom stereocenters.